The Balaban J connectivity index is 2.17. The van der Waals surface area contributed by atoms with Crippen LogP contribution in [-0.2, 0) is 11.8 Å². The Morgan fingerprint density at radius 2 is 2.20 bits per heavy atom. The highest BCUT2D eigenvalue weighted by atomic mass is 79.9. The number of halogens is 1. The van der Waals surface area contributed by atoms with Crippen molar-refractivity contribution in [1.82, 2.24) is 9.88 Å². The number of aromatic nitrogens is 1. The van der Waals surface area contributed by atoms with Crippen molar-refractivity contribution in [3.05, 3.63) is 22.4 Å². The van der Waals surface area contributed by atoms with Crippen LogP contribution in [-0.4, -0.2) is 27.6 Å². The zero-order valence-corrected chi connectivity index (χ0v) is 13.2. The summed E-state index contributed by atoms with van der Waals surface area (Å²) >= 11 is 3.33. The van der Waals surface area contributed by atoms with Crippen LogP contribution in [0.15, 0.2) is 16.7 Å². The lowest BCUT2D eigenvalue weighted by Crippen LogP contribution is -2.52. The zero-order valence-electron chi connectivity index (χ0n) is 11.6. The van der Waals surface area contributed by atoms with E-state index in [1.165, 1.54) is 0 Å². The summed E-state index contributed by atoms with van der Waals surface area (Å²) < 4.78 is 2.55. The molecule has 0 radical (unpaired) electrons. The number of carbonyl (C=O) groups excluding carboxylic acids is 1. The molecule has 1 fully saturated rings. The van der Waals surface area contributed by atoms with Crippen LogP contribution in [0.2, 0.25) is 0 Å². The quantitative estimate of drug-likeness (QED) is 0.886. The summed E-state index contributed by atoms with van der Waals surface area (Å²) in [6, 6.07) is 1.41. The summed E-state index contributed by atoms with van der Waals surface area (Å²) in [6.45, 7) is 1.72. The van der Waals surface area contributed by atoms with Crippen LogP contribution in [0.1, 0.15) is 43.1 Å². The van der Waals surface area contributed by atoms with Crippen molar-refractivity contribution >= 4 is 27.8 Å². The number of carboxylic acid groups (broad SMARTS) is 1. The molecule has 1 aliphatic rings. The predicted molar refractivity (Wildman–Crippen MR) is 78.6 cm³/mol. The number of hydrogen-bond acceptors (Lipinski definition) is 2. The zero-order chi connectivity index (χ0) is 14.9. The van der Waals surface area contributed by atoms with Gasteiger partial charge in [0.25, 0.3) is 5.91 Å². The average molecular weight is 343 g/mol. The molecule has 2 unspecified atom stereocenters. The van der Waals surface area contributed by atoms with Crippen molar-refractivity contribution in [3.8, 4) is 0 Å². The molecule has 110 valence electrons. The Hall–Kier alpha value is -1.30. The first-order valence-electron chi connectivity index (χ1n) is 6.71. The fourth-order valence-corrected chi connectivity index (χ4v) is 3.33. The van der Waals surface area contributed by atoms with Crippen LogP contribution < -0.4 is 5.32 Å². The third kappa shape index (κ3) is 2.75. The summed E-state index contributed by atoms with van der Waals surface area (Å²) in [4.78, 5) is 23.8. The van der Waals surface area contributed by atoms with Gasteiger partial charge in [0.1, 0.15) is 5.69 Å². The Labute approximate surface area is 126 Å². The fraction of sp³-hybridized carbons (Fsp3) is 0.571. The second kappa shape index (κ2) is 5.60. The minimum absolute atomic E-state index is 0.224. The molecule has 0 aliphatic heterocycles. The highest BCUT2D eigenvalue weighted by Crippen LogP contribution is 2.36. The topological polar surface area (TPSA) is 71.3 Å². The van der Waals surface area contributed by atoms with Crippen molar-refractivity contribution in [2.45, 2.75) is 38.6 Å². The molecule has 2 atom stereocenters. The molecule has 1 amide bonds. The van der Waals surface area contributed by atoms with Crippen molar-refractivity contribution in [1.29, 1.82) is 0 Å². The van der Waals surface area contributed by atoms with E-state index in [9.17, 15) is 14.7 Å². The molecule has 5 nitrogen and oxygen atoms in total. The Bertz CT molecular complexity index is 541. The number of nitrogens with zero attached hydrogens (tertiary/aromatic N) is 1. The van der Waals surface area contributed by atoms with Gasteiger partial charge in [-0.3, -0.25) is 9.59 Å². The Kier molecular flexibility index (Phi) is 4.22. The summed E-state index contributed by atoms with van der Waals surface area (Å²) in [6.07, 6.45) is 4.95. The second-order valence-corrected chi connectivity index (χ2v) is 6.56. The molecular formula is C14H19BrN2O3. The van der Waals surface area contributed by atoms with E-state index < -0.39 is 11.4 Å². The van der Waals surface area contributed by atoms with Gasteiger partial charge in [0, 0.05) is 23.8 Å². The van der Waals surface area contributed by atoms with Crippen LogP contribution in [0.4, 0.5) is 0 Å². The molecule has 6 heteroatoms. The molecule has 1 heterocycles. The number of hydrogen-bond donors (Lipinski definition) is 2. The van der Waals surface area contributed by atoms with Gasteiger partial charge in [0.15, 0.2) is 0 Å². The molecule has 1 aromatic heterocycles. The molecule has 2 rings (SSSR count). The highest BCUT2D eigenvalue weighted by Gasteiger charge is 2.44. The molecule has 20 heavy (non-hydrogen) atoms. The molecule has 0 aromatic carbocycles. The normalized spacial score (nSPS) is 26.2. The maximum absolute atomic E-state index is 12.3. The largest absolute Gasteiger partial charge is 0.481 e. The van der Waals surface area contributed by atoms with E-state index in [0.717, 1.165) is 17.3 Å². The number of aliphatic carboxylic acids is 1. The first-order valence-corrected chi connectivity index (χ1v) is 7.50. The van der Waals surface area contributed by atoms with Gasteiger partial charge in [-0.15, -0.1) is 0 Å². The third-order valence-electron chi connectivity index (χ3n) is 4.21. The van der Waals surface area contributed by atoms with E-state index >= 15 is 0 Å². The average Bonchev–Trinajstić information content (AvgIpc) is 2.71. The minimum atomic E-state index is -0.879. The molecular weight excluding hydrogens is 324 g/mol. The maximum Gasteiger partial charge on any atom is 0.311 e. The summed E-state index contributed by atoms with van der Waals surface area (Å²) in [7, 11) is 1.79. The van der Waals surface area contributed by atoms with Crippen molar-refractivity contribution < 1.29 is 14.7 Å². The van der Waals surface area contributed by atoms with Gasteiger partial charge in [0.2, 0.25) is 0 Å². The van der Waals surface area contributed by atoms with E-state index in [-0.39, 0.29) is 11.9 Å². The summed E-state index contributed by atoms with van der Waals surface area (Å²) in [5, 5.41) is 12.3. The Morgan fingerprint density at radius 3 is 2.75 bits per heavy atom. The van der Waals surface area contributed by atoms with Gasteiger partial charge in [-0.2, -0.15) is 0 Å². The molecule has 1 aromatic rings. The third-order valence-corrected chi connectivity index (χ3v) is 4.64. The van der Waals surface area contributed by atoms with E-state index in [2.05, 4.69) is 21.2 Å². The number of rotatable bonds is 3. The summed E-state index contributed by atoms with van der Waals surface area (Å²) in [5.74, 6) is -1.06. The number of amides is 1. The maximum atomic E-state index is 12.3. The number of nitrogens with one attached hydrogen (secondary N) is 1. The van der Waals surface area contributed by atoms with E-state index in [0.29, 0.717) is 18.5 Å². The summed E-state index contributed by atoms with van der Waals surface area (Å²) in [5.41, 5.74) is -0.355. The van der Waals surface area contributed by atoms with Crippen LogP contribution in [0.25, 0.3) is 0 Å². The molecule has 1 saturated carbocycles. The van der Waals surface area contributed by atoms with E-state index in [1.54, 1.807) is 30.8 Å². The molecule has 1 aliphatic carbocycles. The van der Waals surface area contributed by atoms with Gasteiger partial charge in [-0.25, -0.2) is 0 Å². The number of carbonyl (C=O) groups is 2. The SMILES string of the molecule is Cn1cc(Br)cc1C(=O)NC1CCCCC1(C)C(=O)O. The number of aryl methyl sites for hydroxylation is 1. The van der Waals surface area contributed by atoms with Crippen molar-refractivity contribution in [3.63, 3.8) is 0 Å². The van der Waals surface area contributed by atoms with Gasteiger partial charge >= 0.3 is 5.97 Å². The van der Waals surface area contributed by atoms with E-state index in [1.807, 2.05) is 0 Å². The van der Waals surface area contributed by atoms with Gasteiger partial charge < -0.3 is 15.0 Å². The second-order valence-electron chi connectivity index (χ2n) is 5.65. The molecule has 0 bridgehead atoms. The van der Waals surface area contributed by atoms with Crippen molar-refractivity contribution in [2.75, 3.05) is 0 Å². The smallest absolute Gasteiger partial charge is 0.311 e. The molecule has 0 saturated heterocycles. The van der Waals surface area contributed by atoms with Gasteiger partial charge in [-0.1, -0.05) is 12.8 Å². The Morgan fingerprint density at radius 1 is 1.50 bits per heavy atom. The lowest BCUT2D eigenvalue weighted by Gasteiger charge is -2.38. The van der Waals surface area contributed by atoms with E-state index in [4.69, 9.17) is 0 Å². The van der Waals surface area contributed by atoms with Crippen LogP contribution >= 0.6 is 15.9 Å². The first kappa shape index (κ1) is 15.1. The lowest BCUT2D eigenvalue weighted by molar-refractivity contribution is -0.151. The van der Waals surface area contributed by atoms with Crippen LogP contribution in [0, 0.1) is 5.41 Å². The van der Waals surface area contributed by atoms with Crippen LogP contribution in [0.5, 0.6) is 0 Å². The minimum Gasteiger partial charge on any atom is -0.481 e. The van der Waals surface area contributed by atoms with Crippen molar-refractivity contribution in [2.24, 2.45) is 12.5 Å². The lowest BCUT2D eigenvalue weighted by atomic mass is 9.71. The predicted octanol–water partition coefficient (Wildman–Crippen LogP) is 2.55. The van der Waals surface area contributed by atoms with Gasteiger partial charge in [-0.05, 0) is 41.8 Å². The highest BCUT2D eigenvalue weighted by molar-refractivity contribution is 9.10. The first-order chi connectivity index (χ1) is 9.34. The fourth-order valence-electron chi connectivity index (χ4n) is 2.80. The molecule has 2 N–H and O–H groups in total. The standard InChI is InChI=1S/C14H19BrN2O3/c1-14(13(19)20)6-4-3-5-11(14)16-12(18)10-7-9(15)8-17(10)2/h7-8,11H,3-6H2,1-2H3,(H,16,18)(H,19,20). The molecule has 0 spiro atoms. The van der Waals surface area contributed by atoms with Crippen LogP contribution in [0.3, 0.4) is 0 Å². The monoisotopic (exact) mass is 342 g/mol. The number of carboxylic acids is 1. The van der Waals surface area contributed by atoms with Gasteiger partial charge in [0.05, 0.1) is 5.41 Å².